The molecular formula is C23H30N6O3. The van der Waals surface area contributed by atoms with E-state index in [1.54, 1.807) is 19.9 Å². The van der Waals surface area contributed by atoms with E-state index in [2.05, 4.69) is 15.6 Å². The summed E-state index contributed by atoms with van der Waals surface area (Å²) < 4.78 is 5.84. The maximum absolute atomic E-state index is 12.6. The molecule has 0 saturated carbocycles. The molecule has 0 radical (unpaired) electrons. The van der Waals surface area contributed by atoms with Gasteiger partial charge in [0.2, 0.25) is 0 Å². The molecule has 2 aromatic rings. The number of nitrogens with two attached hydrogens (primary N) is 1. The van der Waals surface area contributed by atoms with Crippen LogP contribution in [0.4, 0.5) is 16.3 Å². The minimum atomic E-state index is -1.18. The van der Waals surface area contributed by atoms with Crippen LogP contribution in [-0.4, -0.2) is 57.8 Å². The van der Waals surface area contributed by atoms with Crippen LogP contribution in [0.2, 0.25) is 0 Å². The predicted molar refractivity (Wildman–Crippen MR) is 123 cm³/mol. The molecule has 0 aliphatic carbocycles. The Morgan fingerprint density at radius 1 is 1.28 bits per heavy atom. The quantitative estimate of drug-likeness (QED) is 0.359. The molecule has 4 rings (SSSR count). The number of ether oxygens (including phenoxy) is 1. The Kier molecular flexibility index (Phi) is 6.03. The van der Waals surface area contributed by atoms with Gasteiger partial charge in [0.25, 0.3) is 0 Å². The van der Waals surface area contributed by atoms with Crippen molar-refractivity contribution >= 4 is 23.4 Å². The normalized spacial score (nSPS) is 21.2. The average Bonchev–Trinajstić information content (AvgIpc) is 3.09. The van der Waals surface area contributed by atoms with Gasteiger partial charge in [-0.3, -0.25) is 10.7 Å². The summed E-state index contributed by atoms with van der Waals surface area (Å²) in [5, 5.41) is 24.6. The van der Waals surface area contributed by atoms with Crippen LogP contribution in [0.1, 0.15) is 43.9 Å². The van der Waals surface area contributed by atoms with Crippen LogP contribution in [0.5, 0.6) is 0 Å². The lowest BCUT2D eigenvalue weighted by Crippen LogP contribution is -2.46. The number of nitrogens with zero attached hydrogens (tertiary/aromatic N) is 2. The zero-order valence-corrected chi connectivity index (χ0v) is 18.3. The summed E-state index contributed by atoms with van der Waals surface area (Å²) in [5.74, 6) is 0.582. The maximum atomic E-state index is 12.6. The molecule has 2 fully saturated rings. The molecular weight excluding hydrogens is 408 g/mol. The molecule has 9 heteroatoms. The van der Waals surface area contributed by atoms with E-state index in [0.29, 0.717) is 30.2 Å². The van der Waals surface area contributed by atoms with Crippen LogP contribution in [0.15, 0.2) is 42.6 Å². The number of anilines is 2. The van der Waals surface area contributed by atoms with Gasteiger partial charge in [-0.25, -0.2) is 9.78 Å². The second-order valence-corrected chi connectivity index (χ2v) is 8.96. The first-order valence-electron chi connectivity index (χ1n) is 10.8. The number of likely N-dealkylation sites (tertiary alicyclic amines) is 1. The minimum Gasteiger partial charge on any atom is -0.398 e. The van der Waals surface area contributed by atoms with Gasteiger partial charge in [0, 0.05) is 31.0 Å². The van der Waals surface area contributed by atoms with Crippen molar-refractivity contribution < 1.29 is 14.6 Å². The lowest BCUT2D eigenvalue weighted by atomic mass is 9.92. The zero-order valence-electron chi connectivity index (χ0n) is 18.3. The van der Waals surface area contributed by atoms with Gasteiger partial charge in [-0.05, 0) is 32.3 Å². The number of morpholine rings is 1. The second kappa shape index (κ2) is 8.76. The molecule has 2 amide bonds. The fraction of sp³-hybridized carbons (Fsp3) is 0.435. The topological polar surface area (TPSA) is 137 Å². The zero-order chi connectivity index (χ0) is 22.9. The number of hydrogen-bond acceptors (Lipinski definition) is 6. The lowest BCUT2D eigenvalue weighted by Gasteiger charge is -2.34. The van der Waals surface area contributed by atoms with Crippen molar-refractivity contribution in [1.29, 1.82) is 5.41 Å². The summed E-state index contributed by atoms with van der Waals surface area (Å²) >= 11 is 0. The fourth-order valence-corrected chi connectivity index (χ4v) is 4.30. The van der Waals surface area contributed by atoms with Gasteiger partial charge in [0.05, 0.1) is 29.4 Å². The highest BCUT2D eigenvalue weighted by atomic mass is 16.5. The molecule has 2 aliphatic rings. The Hall–Kier alpha value is -3.17. The van der Waals surface area contributed by atoms with Gasteiger partial charge in [-0.1, -0.05) is 30.3 Å². The van der Waals surface area contributed by atoms with E-state index < -0.39 is 17.7 Å². The Bertz CT molecular complexity index is 979. The van der Waals surface area contributed by atoms with Crippen molar-refractivity contribution in [2.45, 2.75) is 50.5 Å². The van der Waals surface area contributed by atoms with E-state index in [-0.39, 0.29) is 18.0 Å². The summed E-state index contributed by atoms with van der Waals surface area (Å²) in [6.45, 7) is 4.63. The molecule has 1 aromatic carbocycles. The Balaban J connectivity index is 1.42. The number of amidine groups is 1. The summed E-state index contributed by atoms with van der Waals surface area (Å²) in [5.41, 5.74) is 6.69. The van der Waals surface area contributed by atoms with E-state index in [9.17, 15) is 9.90 Å². The molecule has 6 N–H and O–H groups in total. The predicted octanol–water partition coefficient (Wildman–Crippen LogP) is 2.49. The van der Waals surface area contributed by atoms with Crippen LogP contribution < -0.4 is 16.4 Å². The van der Waals surface area contributed by atoms with Gasteiger partial charge in [-0.15, -0.1) is 0 Å². The molecule has 2 aliphatic heterocycles. The van der Waals surface area contributed by atoms with Crippen molar-refractivity contribution in [2.24, 2.45) is 0 Å². The number of nitrogen functional groups attached to an aromatic ring is 1. The number of pyridine rings is 1. The van der Waals surface area contributed by atoms with Crippen molar-refractivity contribution in [3.8, 4) is 0 Å². The summed E-state index contributed by atoms with van der Waals surface area (Å²) in [6.07, 6.45) is 3.89. The number of carbonyl (C=O) groups is 1. The molecule has 32 heavy (non-hydrogen) atoms. The van der Waals surface area contributed by atoms with Crippen molar-refractivity contribution in [2.75, 3.05) is 24.1 Å². The highest BCUT2D eigenvalue weighted by Crippen LogP contribution is 2.28. The molecule has 9 nitrogen and oxygen atoms in total. The molecule has 1 aromatic heterocycles. The van der Waals surface area contributed by atoms with E-state index in [0.717, 1.165) is 18.4 Å². The number of aliphatic hydroxyl groups is 1. The molecule has 0 spiro atoms. The third-order valence-corrected chi connectivity index (χ3v) is 5.91. The Labute approximate surface area is 187 Å². The van der Waals surface area contributed by atoms with E-state index in [1.165, 1.54) is 6.20 Å². The first-order valence-corrected chi connectivity index (χ1v) is 10.8. The van der Waals surface area contributed by atoms with Crippen LogP contribution in [-0.2, 0) is 4.74 Å². The third kappa shape index (κ3) is 4.84. The highest BCUT2D eigenvalue weighted by Gasteiger charge is 2.35. The number of fused-ring (bicyclic) bond motifs is 2. The molecule has 3 heterocycles. The number of nitrogens with one attached hydrogen (secondary N) is 3. The molecule has 170 valence electrons. The van der Waals surface area contributed by atoms with E-state index in [4.69, 9.17) is 15.9 Å². The number of hydrogen-bond donors (Lipinski definition) is 5. The van der Waals surface area contributed by atoms with Gasteiger partial charge < -0.3 is 25.8 Å². The number of rotatable bonds is 5. The number of benzene rings is 1. The minimum absolute atomic E-state index is 0.168. The molecule has 3 atom stereocenters. The molecule has 2 bridgehead atoms. The van der Waals surface area contributed by atoms with Gasteiger partial charge in [0.1, 0.15) is 11.7 Å². The number of carbonyl (C=O) groups excluding carboxylic acids is 1. The first-order chi connectivity index (χ1) is 15.2. The standard InChI is InChI=1S/C23H30N6O3/c1-23(2,31)20(14-6-4-3-5-7-14)28-22(30)27-19-10-18(24)17(11-26-19)21(25)29-12-15-8-9-16(13-29)32-15/h3-7,10-11,15-16,20,25,31H,8-9,12-13H2,1-2H3,(H4,24,26,27,28,30)/t15?,16?,20-/m0/s1. The van der Waals surface area contributed by atoms with Gasteiger partial charge >= 0.3 is 6.03 Å². The summed E-state index contributed by atoms with van der Waals surface area (Å²) in [7, 11) is 0. The van der Waals surface area contributed by atoms with Crippen LogP contribution in [0, 0.1) is 5.41 Å². The van der Waals surface area contributed by atoms with Crippen molar-refractivity contribution in [3.63, 3.8) is 0 Å². The lowest BCUT2D eigenvalue weighted by molar-refractivity contribution is -0.0157. The number of amides is 2. The van der Waals surface area contributed by atoms with Crippen LogP contribution in [0.3, 0.4) is 0 Å². The van der Waals surface area contributed by atoms with Crippen LogP contribution in [0.25, 0.3) is 0 Å². The smallest absolute Gasteiger partial charge is 0.320 e. The maximum Gasteiger partial charge on any atom is 0.320 e. The number of aromatic nitrogens is 1. The van der Waals surface area contributed by atoms with Crippen LogP contribution >= 0.6 is 0 Å². The highest BCUT2D eigenvalue weighted by molar-refractivity contribution is 6.01. The number of urea groups is 1. The monoisotopic (exact) mass is 438 g/mol. The SMILES string of the molecule is CC(C)(O)[C@@H](NC(=O)Nc1cc(N)c(C(=N)N2CC3CCC(C2)O3)cn1)c1ccccc1. The van der Waals surface area contributed by atoms with Gasteiger partial charge in [0.15, 0.2) is 0 Å². The van der Waals surface area contributed by atoms with E-state index >= 15 is 0 Å². The van der Waals surface area contributed by atoms with Crippen molar-refractivity contribution in [3.05, 3.63) is 53.7 Å². The average molecular weight is 439 g/mol. The molecule has 2 unspecified atom stereocenters. The largest absolute Gasteiger partial charge is 0.398 e. The Morgan fingerprint density at radius 2 is 1.94 bits per heavy atom. The first kappa shape index (κ1) is 22.0. The third-order valence-electron chi connectivity index (χ3n) is 5.91. The summed E-state index contributed by atoms with van der Waals surface area (Å²) in [4.78, 5) is 18.9. The van der Waals surface area contributed by atoms with Gasteiger partial charge in [-0.2, -0.15) is 0 Å². The second-order valence-electron chi connectivity index (χ2n) is 8.96. The fourth-order valence-electron chi connectivity index (χ4n) is 4.30. The van der Waals surface area contributed by atoms with Crippen molar-refractivity contribution in [1.82, 2.24) is 15.2 Å². The van der Waals surface area contributed by atoms with E-state index in [1.807, 2.05) is 35.2 Å². The Morgan fingerprint density at radius 3 is 2.53 bits per heavy atom. The summed E-state index contributed by atoms with van der Waals surface area (Å²) in [6, 6.07) is 9.67. The molecule has 2 saturated heterocycles.